The summed E-state index contributed by atoms with van der Waals surface area (Å²) in [5, 5.41) is 0. The summed E-state index contributed by atoms with van der Waals surface area (Å²) in [4.78, 5) is 2.37. The molecule has 1 aliphatic rings. The van der Waals surface area contributed by atoms with Crippen molar-refractivity contribution in [2.24, 2.45) is 5.73 Å². The van der Waals surface area contributed by atoms with Crippen molar-refractivity contribution in [3.63, 3.8) is 0 Å². The second-order valence-corrected chi connectivity index (χ2v) is 4.26. The van der Waals surface area contributed by atoms with Gasteiger partial charge >= 0.3 is 0 Å². The first-order valence-electron chi connectivity index (χ1n) is 5.18. The van der Waals surface area contributed by atoms with Gasteiger partial charge in [-0.1, -0.05) is 0 Å². The zero-order valence-electron chi connectivity index (χ0n) is 9.45. The molecule has 0 spiro atoms. The van der Waals surface area contributed by atoms with Crippen LogP contribution in [0.3, 0.4) is 0 Å². The van der Waals surface area contributed by atoms with E-state index >= 15 is 0 Å². The van der Waals surface area contributed by atoms with Gasteiger partial charge in [-0.2, -0.15) is 0 Å². The van der Waals surface area contributed by atoms with Crippen molar-refractivity contribution in [3.05, 3.63) is 0 Å². The van der Waals surface area contributed by atoms with E-state index in [1.807, 2.05) is 0 Å². The molecule has 0 aromatic carbocycles. The summed E-state index contributed by atoms with van der Waals surface area (Å²) in [6.07, 6.45) is 0.298. The number of nitrogens with zero attached hydrogens (tertiary/aromatic N) is 1. The number of methoxy groups -OCH3 is 1. The fraction of sp³-hybridized carbons (Fsp3) is 1.00. The Hall–Kier alpha value is -0.160. The lowest BCUT2D eigenvalue weighted by Gasteiger charge is -2.43. The van der Waals surface area contributed by atoms with Crippen LogP contribution in [-0.4, -0.2) is 56.5 Å². The fourth-order valence-electron chi connectivity index (χ4n) is 1.90. The van der Waals surface area contributed by atoms with Gasteiger partial charge in [0.15, 0.2) is 0 Å². The van der Waals surface area contributed by atoms with E-state index in [9.17, 15) is 0 Å². The van der Waals surface area contributed by atoms with Crippen LogP contribution in [0.15, 0.2) is 0 Å². The quantitative estimate of drug-likeness (QED) is 0.701. The van der Waals surface area contributed by atoms with Gasteiger partial charge in [0.25, 0.3) is 0 Å². The van der Waals surface area contributed by atoms with Gasteiger partial charge < -0.3 is 15.2 Å². The smallest absolute Gasteiger partial charge is 0.0674 e. The minimum Gasteiger partial charge on any atom is -0.383 e. The number of morpholine rings is 1. The SMILES string of the molecule is COCC(C)(CN)N1CCOC(C)C1. The van der Waals surface area contributed by atoms with Crippen LogP contribution in [0.2, 0.25) is 0 Å². The number of ether oxygens (including phenoxy) is 2. The first kappa shape index (κ1) is 11.9. The predicted octanol–water partition coefficient (Wildman–Crippen LogP) is 0.0709. The third-order valence-corrected chi connectivity index (χ3v) is 2.90. The van der Waals surface area contributed by atoms with Crippen molar-refractivity contribution in [2.45, 2.75) is 25.5 Å². The van der Waals surface area contributed by atoms with E-state index in [-0.39, 0.29) is 5.54 Å². The summed E-state index contributed by atoms with van der Waals surface area (Å²) in [7, 11) is 1.72. The molecule has 1 rings (SSSR count). The summed E-state index contributed by atoms with van der Waals surface area (Å²) in [5.74, 6) is 0. The summed E-state index contributed by atoms with van der Waals surface area (Å²) in [6, 6.07) is 0. The first-order chi connectivity index (χ1) is 6.62. The summed E-state index contributed by atoms with van der Waals surface area (Å²) >= 11 is 0. The predicted molar refractivity (Wildman–Crippen MR) is 56.3 cm³/mol. The Kier molecular flexibility index (Phi) is 4.31. The highest BCUT2D eigenvalue weighted by Gasteiger charge is 2.33. The minimum absolute atomic E-state index is 0.0488. The van der Waals surface area contributed by atoms with Gasteiger partial charge in [-0.15, -0.1) is 0 Å². The van der Waals surface area contributed by atoms with Crippen LogP contribution in [0.25, 0.3) is 0 Å². The Morgan fingerprint density at radius 1 is 1.64 bits per heavy atom. The molecule has 1 saturated heterocycles. The largest absolute Gasteiger partial charge is 0.383 e. The lowest BCUT2D eigenvalue weighted by Crippen LogP contribution is -2.59. The lowest BCUT2D eigenvalue weighted by atomic mass is 10.00. The monoisotopic (exact) mass is 202 g/mol. The number of rotatable bonds is 4. The molecule has 0 aromatic rings. The Morgan fingerprint density at radius 2 is 2.36 bits per heavy atom. The molecule has 2 unspecified atom stereocenters. The van der Waals surface area contributed by atoms with Gasteiger partial charge in [-0.3, -0.25) is 4.90 Å². The molecule has 4 heteroatoms. The Balaban J connectivity index is 2.58. The molecule has 0 bridgehead atoms. The van der Waals surface area contributed by atoms with Gasteiger partial charge in [0.05, 0.1) is 24.9 Å². The summed E-state index contributed by atoms with van der Waals surface area (Å²) < 4.78 is 10.7. The molecular weight excluding hydrogens is 180 g/mol. The highest BCUT2D eigenvalue weighted by atomic mass is 16.5. The van der Waals surface area contributed by atoms with Gasteiger partial charge in [-0.05, 0) is 13.8 Å². The number of nitrogens with two attached hydrogens (primary N) is 1. The van der Waals surface area contributed by atoms with E-state index in [4.69, 9.17) is 15.2 Å². The van der Waals surface area contributed by atoms with E-state index in [2.05, 4.69) is 18.7 Å². The molecule has 0 saturated carbocycles. The molecule has 14 heavy (non-hydrogen) atoms. The fourth-order valence-corrected chi connectivity index (χ4v) is 1.90. The molecule has 0 amide bonds. The molecule has 1 aliphatic heterocycles. The van der Waals surface area contributed by atoms with Gasteiger partial charge in [0.1, 0.15) is 0 Å². The average Bonchev–Trinajstić information content (AvgIpc) is 2.18. The Labute approximate surface area is 86.3 Å². The van der Waals surface area contributed by atoms with Crippen molar-refractivity contribution in [2.75, 3.05) is 40.0 Å². The maximum atomic E-state index is 5.81. The molecule has 4 nitrogen and oxygen atoms in total. The van der Waals surface area contributed by atoms with Crippen LogP contribution in [0.1, 0.15) is 13.8 Å². The van der Waals surface area contributed by atoms with Crippen molar-refractivity contribution in [3.8, 4) is 0 Å². The molecule has 0 radical (unpaired) electrons. The van der Waals surface area contributed by atoms with Crippen LogP contribution in [0.5, 0.6) is 0 Å². The summed E-state index contributed by atoms with van der Waals surface area (Å²) in [5.41, 5.74) is 5.76. The van der Waals surface area contributed by atoms with Crippen molar-refractivity contribution in [1.29, 1.82) is 0 Å². The van der Waals surface area contributed by atoms with Crippen molar-refractivity contribution >= 4 is 0 Å². The maximum Gasteiger partial charge on any atom is 0.0674 e. The van der Waals surface area contributed by atoms with E-state index in [0.29, 0.717) is 19.3 Å². The molecule has 1 heterocycles. The maximum absolute atomic E-state index is 5.81. The van der Waals surface area contributed by atoms with Gasteiger partial charge in [0.2, 0.25) is 0 Å². The highest BCUT2D eigenvalue weighted by Crippen LogP contribution is 2.18. The van der Waals surface area contributed by atoms with Crippen LogP contribution < -0.4 is 5.73 Å². The topological polar surface area (TPSA) is 47.7 Å². The number of hydrogen-bond donors (Lipinski definition) is 1. The second kappa shape index (κ2) is 5.07. The highest BCUT2D eigenvalue weighted by molar-refractivity contribution is 4.89. The van der Waals surface area contributed by atoms with E-state index in [1.54, 1.807) is 7.11 Å². The van der Waals surface area contributed by atoms with E-state index < -0.39 is 0 Å². The zero-order chi connectivity index (χ0) is 10.6. The molecule has 2 N–H and O–H groups in total. The molecule has 2 atom stereocenters. The molecule has 1 fully saturated rings. The van der Waals surface area contributed by atoms with Crippen LogP contribution in [0.4, 0.5) is 0 Å². The lowest BCUT2D eigenvalue weighted by molar-refractivity contribution is -0.0733. The first-order valence-corrected chi connectivity index (χ1v) is 5.18. The zero-order valence-corrected chi connectivity index (χ0v) is 9.45. The molecular formula is C10H22N2O2. The molecule has 0 aliphatic carbocycles. The normalized spacial score (nSPS) is 28.7. The van der Waals surface area contributed by atoms with E-state index in [0.717, 1.165) is 19.7 Å². The second-order valence-electron chi connectivity index (χ2n) is 4.26. The van der Waals surface area contributed by atoms with Crippen LogP contribution in [-0.2, 0) is 9.47 Å². The third-order valence-electron chi connectivity index (χ3n) is 2.90. The molecule has 84 valence electrons. The standard InChI is InChI=1S/C10H22N2O2/c1-9-6-12(4-5-14-9)10(2,7-11)8-13-3/h9H,4-8,11H2,1-3H3. The third kappa shape index (κ3) is 2.67. The van der Waals surface area contributed by atoms with Gasteiger partial charge in [0, 0.05) is 26.7 Å². The average molecular weight is 202 g/mol. The summed E-state index contributed by atoms with van der Waals surface area (Å²) in [6.45, 7) is 8.22. The van der Waals surface area contributed by atoms with Crippen molar-refractivity contribution < 1.29 is 9.47 Å². The van der Waals surface area contributed by atoms with Crippen LogP contribution in [0, 0.1) is 0 Å². The number of hydrogen-bond acceptors (Lipinski definition) is 4. The minimum atomic E-state index is -0.0488. The molecule has 0 aromatic heterocycles. The Bertz CT molecular complexity index is 178. The van der Waals surface area contributed by atoms with E-state index in [1.165, 1.54) is 0 Å². The van der Waals surface area contributed by atoms with Crippen molar-refractivity contribution in [1.82, 2.24) is 4.90 Å². The van der Waals surface area contributed by atoms with Gasteiger partial charge in [-0.25, -0.2) is 0 Å². The van der Waals surface area contributed by atoms with Crippen LogP contribution >= 0.6 is 0 Å². The Morgan fingerprint density at radius 3 is 2.86 bits per heavy atom.